The minimum absolute atomic E-state index is 0.0977. The number of nitro groups is 1. The Morgan fingerprint density at radius 2 is 1.92 bits per heavy atom. The molecule has 0 bridgehead atoms. The second-order valence-electron chi connectivity index (χ2n) is 5.97. The number of nitrogens with one attached hydrogen (secondary N) is 1. The molecule has 1 N–H and O–H groups in total. The van der Waals surface area contributed by atoms with Gasteiger partial charge >= 0.3 is 0 Å². The molecule has 0 fully saturated rings. The molecule has 0 radical (unpaired) electrons. The van der Waals surface area contributed by atoms with Crippen LogP contribution in [0.3, 0.4) is 0 Å². The maximum absolute atomic E-state index is 12.2. The number of para-hydroxylation sites is 2. The van der Waals surface area contributed by atoms with E-state index >= 15 is 0 Å². The van der Waals surface area contributed by atoms with Crippen LogP contribution in [0.4, 0.5) is 11.4 Å². The van der Waals surface area contributed by atoms with E-state index in [1.54, 1.807) is 19.2 Å². The van der Waals surface area contributed by atoms with Gasteiger partial charge in [0.15, 0.2) is 11.5 Å². The lowest BCUT2D eigenvalue weighted by atomic mass is 10.2. The van der Waals surface area contributed by atoms with Crippen molar-refractivity contribution < 1.29 is 19.2 Å². The topological polar surface area (TPSA) is 93.9 Å². The van der Waals surface area contributed by atoms with Gasteiger partial charge in [0, 0.05) is 12.6 Å². The van der Waals surface area contributed by atoms with E-state index in [2.05, 4.69) is 5.32 Å². The number of amides is 1. The van der Waals surface area contributed by atoms with Crippen molar-refractivity contribution in [3.05, 3.63) is 58.1 Å². The van der Waals surface area contributed by atoms with Gasteiger partial charge in [-0.15, -0.1) is 0 Å². The Bertz CT molecular complexity index is 824. The SMILES string of the molecule is CN(CC(=O)Nc1ccccc1[N+](=O)[O-])Cc1ccc2c(c1)OCCO2. The fourth-order valence-corrected chi connectivity index (χ4v) is 2.73. The van der Waals surface area contributed by atoms with E-state index in [9.17, 15) is 14.9 Å². The van der Waals surface area contributed by atoms with Gasteiger partial charge in [-0.3, -0.25) is 19.8 Å². The fourth-order valence-electron chi connectivity index (χ4n) is 2.73. The first kappa shape index (κ1) is 17.7. The average Bonchev–Trinajstić information content (AvgIpc) is 2.61. The van der Waals surface area contributed by atoms with Gasteiger partial charge in [-0.1, -0.05) is 18.2 Å². The Labute approximate surface area is 150 Å². The molecule has 8 heteroatoms. The molecular formula is C18H19N3O5. The lowest BCUT2D eigenvalue weighted by molar-refractivity contribution is -0.383. The van der Waals surface area contributed by atoms with E-state index in [1.807, 2.05) is 23.1 Å². The molecule has 1 aliphatic heterocycles. The Morgan fingerprint density at radius 1 is 1.19 bits per heavy atom. The molecule has 2 aromatic carbocycles. The number of hydrogen-bond donors (Lipinski definition) is 1. The molecular weight excluding hydrogens is 338 g/mol. The van der Waals surface area contributed by atoms with Crippen LogP contribution >= 0.6 is 0 Å². The van der Waals surface area contributed by atoms with Crippen molar-refractivity contribution in [2.45, 2.75) is 6.54 Å². The highest BCUT2D eigenvalue weighted by molar-refractivity contribution is 5.94. The Hall–Kier alpha value is -3.13. The van der Waals surface area contributed by atoms with Crippen LogP contribution in [0, 0.1) is 10.1 Å². The maximum atomic E-state index is 12.2. The van der Waals surface area contributed by atoms with Crippen molar-refractivity contribution in [1.29, 1.82) is 0 Å². The summed E-state index contributed by atoms with van der Waals surface area (Å²) in [5.41, 5.74) is 1.04. The first-order valence-electron chi connectivity index (χ1n) is 8.13. The number of ether oxygens (including phenoxy) is 2. The van der Waals surface area contributed by atoms with Crippen LogP contribution in [0.25, 0.3) is 0 Å². The van der Waals surface area contributed by atoms with Gasteiger partial charge in [-0.2, -0.15) is 0 Å². The predicted molar refractivity (Wildman–Crippen MR) is 95.5 cm³/mol. The van der Waals surface area contributed by atoms with Crippen LogP contribution in [0.5, 0.6) is 11.5 Å². The highest BCUT2D eigenvalue weighted by Crippen LogP contribution is 2.31. The van der Waals surface area contributed by atoms with Crippen LogP contribution in [0.1, 0.15) is 5.56 Å². The number of likely N-dealkylation sites (N-methyl/N-ethyl adjacent to an activating group) is 1. The van der Waals surface area contributed by atoms with E-state index in [-0.39, 0.29) is 23.8 Å². The first-order valence-corrected chi connectivity index (χ1v) is 8.13. The van der Waals surface area contributed by atoms with Crippen molar-refractivity contribution in [3.63, 3.8) is 0 Å². The molecule has 2 aromatic rings. The zero-order valence-electron chi connectivity index (χ0n) is 14.3. The van der Waals surface area contributed by atoms with Crippen molar-refractivity contribution in [3.8, 4) is 11.5 Å². The van der Waals surface area contributed by atoms with Gasteiger partial charge in [-0.05, 0) is 30.8 Å². The van der Waals surface area contributed by atoms with E-state index in [0.717, 1.165) is 11.3 Å². The van der Waals surface area contributed by atoms with Gasteiger partial charge in [0.1, 0.15) is 18.9 Å². The van der Waals surface area contributed by atoms with E-state index in [0.29, 0.717) is 25.5 Å². The van der Waals surface area contributed by atoms with Crippen LogP contribution in [0.15, 0.2) is 42.5 Å². The van der Waals surface area contributed by atoms with Crippen molar-refractivity contribution in [1.82, 2.24) is 4.90 Å². The molecule has 26 heavy (non-hydrogen) atoms. The summed E-state index contributed by atoms with van der Waals surface area (Å²) in [6.07, 6.45) is 0. The molecule has 0 saturated carbocycles. The van der Waals surface area contributed by atoms with E-state index in [4.69, 9.17) is 9.47 Å². The summed E-state index contributed by atoms with van der Waals surface area (Å²) in [4.78, 5) is 24.5. The molecule has 0 spiro atoms. The number of anilines is 1. The molecule has 0 aliphatic carbocycles. The predicted octanol–water partition coefficient (Wildman–Crippen LogP) is 2.44. The van der Waals surface area contributed by atoms with Crippen molar-refractivity contribution in [2.24, 2.45) is 0 Å². The molecule has 1 aliphatic rings. The van der Waals surface area contributed by atoms with Gasteiger partial charge in [-0.25, -0.2) is 0 Å². The monoisotopic (exact) mass is 357 g/mol. The van der Waals surface area contributed by atoms with Crippen LogP contribution in [0.2, 0.25) is 0 Å². The number of benzene rings is 2. The fraction of sp³-hybridized carbons (Fsp3) is 0.278. The largest absolute Gasteiger partial charge is 0.486 e. The first-order chi connectivity index (χ1) is 12.5. The molecule has 136 valence electrons. The summed E-state index contributed by atoms with van der Waals surface area (Å²) in [6, 6.07) is 11.7. The van der Waals surface area contributed by atoms with Gasteiger partial charge in [0.25, 0.3) is 5.69 Å². The molecule has 0 unspecified atom stereocenters. The summed E-state index contributed by atoms with van der Waals surface area (Å²) in [5, 5.41) is 13.6. The third-order valence-corrected chi connectivity index (χ3v) is 3.85. The summed E-state index contributed by atoms with van der Waals surface area (Å²) in [7, 11) is 1.80. The second kappa shape index (κ2) is 7.83. The minimum atomic E-state index is -0.519. The van der Waals surface area contributed by atoms with E-state index in [1.165, 1.54) is 12.1 Å². The zero-order valence-corrected chi connectivity index (χ0v) is 14.3. The quantitative estimate of drug-likeness (QED) is 0.630. The third-order valence-electron chi connectivity index (χ3n) is 3.85. The lowest BCUT2D eigenvalue weighted by Gasteiger charge is -2.21. The normalized spacial score (nSPS) is 12.7. The Morgan fingerprint density at radius 3 is 2.69 bits per heavy atom. The number of rotatable bonds is 6. The molecule has 0 saturated heterocycles. The number of carbonyl (C=O) groups excluding carboxylic acids is 1. The van der Waals surface area contributed by atoms with Gasteiger partial charge < -0.3 is 14.8 Å². The highest BCUT2D eigenvalue weighted by Gasteiger charge is 2.16. The highest BCUT2D eigenvalue weighted by atomic mass is 16.6. The van der Waals surface area contributed by atoms with Crippen LogP contribution in [-0.4, -0.2) is 42.5 Å². The summed E-state index contributed by atoms with van der Waals surface area (Å²) >= 11 is 0. The Balaban J connectivity index is 1.59. The zero-order chi connectivity index (χ0) is 18.5. The third kappa shape index (κ3) is 4.28. The number of fused-ring (bicyclic) bond motifs is 1. The van der Waals surface area contributed by atoms with E-state index < -0.39 is 4.92 Å². The van der Waals surface area contributed by atoms with Crippen LogP contribution in [-0.2, 0) is 11.3 Å². The molecule has 1 heterocycles. The standard InChI is InChI=1S/C18H19N3O5/c1-20(11-13-6-7-16-17(10-13)26-9-8-25-16)12-18(22)19-14-4-2-3-5-15(14)21(23)24/h2-7,10H,8-9,11-12H2,1H3,(H,19,22). The number of hydrogen-bond acceptors (Lipinski definition) is 6. The Kier molecular flexibility index (Phi) is 5.33. The number of carbonyl (C=O) groups is 1. The molecule has 8 nitrogen and oxygen atoms in total. The number of nitro benzene ring substituents is 1. The molecule has 3 rings (SSSR count). The second-order valence-corrected chi connectivity index (χ2v) is 5.97. The summed E-state index contributed by atoms with van der Waals surface area (Å²) in [6.45, 7) is 1.68. The molecule has 0 aromatic heterocycles. The smallest absolute Gasteiger partial charge is 0.292 e. The van der Waals surface area contributed by atoms with Crippen molar-refractivity contribution >= 4 is 17.3 Å². The maximum Gasteiger partial charge on any atom is 0.292 e. The summed E-state index contributed by atoms with van der Waals surface area (Å²) < 4.78 is 11.0. The average molecular weight is 357 g/mol. The molecule has 1 amide bonds. The lowest BCUT2D eigenvalue weighted by Crippen LogP contribution is -2.30. The van der Waals surface area contributed by atoms with Crippen molar-refractivity contribution in [2.75, 3.05) is 32.1 Å². The molecule has 0 atom stereocenters. The van der Waals surface area contributed by atoms with Crippen LogP contribution < -0.4 is 14.8 Å². The number of nitrogens with zero attached hydrogens (tertiary/aromatic N) is 2. The summed E-state index contributed by atoms with van der Waals surface area (Å²) in [5.74, 6) is 1.10. The minimum Gasteiger partial charge on any atom is -0.486 e. The van der Waals surface area contributed by atoms with Gasteiger partial charge in [0.05, 0.1) is 11.5 Å². The van der Waals surface area contributed by atoms with Gasteiger partial charge in [0.2, 0.25) is 5.91 Å².